The van der Waals surface area contributed by atoms with Gasteiger partial charge in [-0.25, -0.2) is 0 Å². The number of thioether (sulfide) groups is 1. The van der Waals surface area contributed by atoms with Crippen LogP contribution in [-0.4, -0.2) is 17.5 Å². The molecule has 90 valence electrons. The molecule has 0 amide bonds. The van der Waals surface area contributed by atoms with E-state index < -0.39 is 0 Å². The van der Waals surface area contributed by atoms with E-state index in [0.717, 1.165) is 41.5 Å². The number of nitrogens with two attached hydrogens (primary N) is 1. The summed E-state index contributed by atoms with van der Waals surface area (Å²) in [6.45, 7) is 0.751. The van der Waals surface area contributed by atoms with Crippen molar-refractivity contribution >= 4 is 11.8 Å². The van der Waals surface area contributed by atoms with Crippen LogP contribution in [-0.2, 0) is 5.75 Å². The summed E-state index contributed by atoms with van der Waals surface area (Å²) in [5.41, 5.74) is 7.50. The Morgan fingerprint density at radius 3 is 2.82 bits per heavy atom. The normalized spacial score (nSPS) is 10.6. The summed E-state index contributed by atoms with van der Waals surface area (Å²) in [6.07, 6.45) is 1.05. The van der Waals surface area contributed by atoms with E-state index in [4.69, 9.17) is 10.3 Å². The fourth-order valence-electron chi connectivity index (χ4n) is 1.48. The molecule has 1 aromatic carbocycles. The van der Waals surface area contributed by atoms with Gasteiger partial charge in [-0.1, -0.05) is 35.5 Å². The molecular formula is C13H16N2OS. The van der Waals surface area contributed by atoms with E-state index in [1.807, 2.05) is 48.2 Å². The van der Waals surface area contributed by atoms with Gasteiger partial charge in [0.1, 0.15) is 0 Å². The van der Waals surface area contributed by atoms with Crippen molar-refractivity contribution in [1.82, 2.24) is 5.16 Å². The van der Waals surface area contributed by atoms with Gasteiger partial charge in [0.25, 0.3) is 0 Å². The maximum absolute atomic E-state index is 5.44. The van der Waals surface area contributed by atoms with Gasteiger partial charge in [-0.05, 0) is 18.7 Å². The van der Waals surface area contributed by atoms with Gasteiger partial charge in [0.15, 0.2) is 5.76 Å². The van der Waals surface area contributed by atoms with Crippen LogP contribution in [0.1, 0.15) is 12.1 Å². The number of hydrogen-bond donors (Lipinski definition) is 1. The van der Waals surface area contributed by atoms with Crippen molar-refractivity contribution < 1.29 is 4.52 Å². The van der Waals surface area contributed by atoms with Crippen LogP contribution in [0.2, 0.25) is 0 Å². The summed E-state index contributed by atoms with van der Waals surface area (Å²) < 4.78 is 5.32. The van der Waals surface area contributed by atoms with Gasteiger partial charge in [-0.2, -0.15) is 11.8 Å². The molecular weight excluding hydrogens is 232 g/mol. The zero-order valence-corrected chi connectivity index (χ0v) is 10.5. The molecule has 0 saturated carbocycles. The van der Waals surface area contributed by atoms with Crippen molar-refractivity contribution in [3.8, 4) is 11.3 Å². The highest BCUT2D eigenvalue weighted by Gasteiger charge is 2.05. The third-order valence-electron chi connectivity index (χ3n) is 2.36. The maximum atomic E-state index is 5.44. The van der Waals surface area contributed by atoms with Gasteiger partial charge in [-0.15, -0.1) is 0 Å². The summed E-state index contributed by atoms with van der Waals surface area (Å²) >= 11 is 1.84. The van der Waals surface area contributed by atoms with E-state index in [-0.39, 0.29) is 0 Å². The van der Waals surface area contributed by atoms with Gasteiger partial charge in [0.2, 0.25) is 0 Å². The summed E-state index contributed by atoms with van der Waals surface area (Å²) in [6, 6.07) is 12.0. The highest BCUT2D eigenvalue weighted by molar-refractivity contribution is 7.98. The molecule has 0 bridgehead atoms. The van der Waals surface area contributed by atoms with E-state index >= 15 is 0 Å². The molecule has 0 atom stereocenters. The number of aromatic nitrogens is 1. The molecule has 3 nitrogen and oxygen atoms in total. The fourth-order valence-corrected chi connectivity index (χ4v) is 2.34. The smallest absolute Gasteiger partial charge is 0.167 e. The zero-order chi connectivity index (χ0) is 11.9. The minimum absolute atomic E-state index is 0.751. The number of hydrogen-bond acceptors (Lipinski definition) is 4. The fraction of sp³-hybridized carbons (Fsp3) is 0.308. The first-order valence-electron chi connectivity index (χ1n) is 5.69. The lowest BCUT2D eigenvalue weighted by Crippen LogP contribution is -1.99. The summed E-state index contributed by atoms with van der Waals surface area (Å²) in [5, 5.41) is 4.06. The summed E-state index contributed by atoms with van der Waals surface area (Å²) in [5.74, 6) is 2.79. The van der Waals surface area contributed by atoms with Crippen LogP contribution in [0.4, 0.5) is 0 Å². The van der Waals surface area contributed by atoms with Crippen LogP contribution in [0.15, 0.2) is 40.9 Å². The van der Waals surface area contributed by atoms with Gasteiger partial charge < -0.3 is 10.3 Å². The molecule has 0 aliphatic rings. The van der Waals surface area contributed by atoms with Gasteiger partial charge in [-0.3, -0.25) is 0 Å². The third-order valence-corrected chi connectivity index (χ3v) is 3.44. The van der Waals surface area contributed by atoms with Crippen molar-refractivity contribution in [3.63, 3.8) is 0 Å². The average Bonchev–Trinajstić information content (AvgIpc) is 2.85. The van der Waals surface area contributed by atoms with Gasteiger partial charge >= 0.3 is 0 Å². The largest absolute Gasteiger partial charge is 0.356 e. The molecule has 0 aliphatic carbocycles. The van der Waals surface area contributed by atoms with Crippen molar-refractivity contribution in [3.05, 3.63) is 42.1 Å². The molecule has 2 aromatic rings. The van der Waals surface area contributed by atoms with E-state index in [1.54, 1.807) is 0 Å². The van der Waals surface area contributed by atoms with Crippen molar-refractivity contribution in [2.45, 2.75) is 12.2 Å². The lowest BCUT2D eigenvalue weighted by Gasteiger charge is -1.95. The Balaban J connectivity index is 1.92. The van der Waals surface area contributed by atoms with Gasteiger partial charge in [0, 0.05) is 17.4 Å². The lowest BCUT2D eigenvalue weighted by molar-refractivity contribution is 0.426. The Labute approximate surface area is 105 Å². The molecule has 1 aromatic heterocycles. The molecule has 0 saturated heterocycles. The molecule has 0 fully saturated rings. The highest BCUT2D eigenvalue weighted by Crippen LogP contribution is 2.21. The predicted molar refractivity (Wildman–Crippen MR) is 71.8 cm³/mol. The second-order valence-corrected chi connectivity index (χ2v) is 4.85. The summed E-state index contributed by atoms with van der Waals surface area (Å²) in [7, 11) is 0. The zero-order valence-electron chi connectivity index (χ0n) is 9.63. The number of nitrogens with zero attached hydrogens (tertiary/aromatic N) is 1. The maximum Gasteiger partial charge on any atom is 0.167 e. The number of benzene rings is 1. The topological polar surface area (TPSA) is 52.0 Å². The van der Waals surface area contributed by atoms with Gasteiger partial charge in [0.05, 0.1) is 5.69 Å². The second kappa shape index (κ2) is 6.47. The minimum Gasteiger partial charge on any atom is -0.356 e. The molecule has 2 N–H and O–H groups in total. The number of rotatable bonds is 6. The predicted octanol–water partition coefficient (Wildman–Crippen LogP) is 2.92. The molecule has 1 heterocycles. The molecule has 0 aliphatic heterocycles. The molecule has 0 radical (unpaired) electrons. The van der Waals surface area contributed by atoms with E-state index in [2.05, 4.69) is 5.16 Å². The van der Waals surface area contributed by atoms with Crippen LogP contribution in [0.5, 0.6) is 0 Å². The lowest BCUT2D eigenvalue weighted by atomic mass is 10.2. The van der Waals surface area contributed by atoms with Crippen LogP contribution in [0.25, 0.3) is 11.3 Å². The SMILES string of the molecule is NCCCSCc1cc(-c2ccccc2)on1. The van der Waals surface area contributed by atoms with Crippen molar-refractivity contribution in [2.24, 2.45) is 5.73 Å². The summed E-state index contributed by atoms with van der Waals surface area (Å²) in [4.78, 5) is 0. The second-order valence-electron chi connectivity index (χ2n) is 3.74. The van der Waals surface area contributed by atoms with Crippen LogP contribution >= 0.6 is 11.8 Å². The molecule has 4 heteroatoms. The molecule has 0 spiro atoms. The van der Waals surface area contributed by atoms with Crippen molar-refractivity contribution in [2.75, 3.05) is 12.3 Å². The molecule has 0 unspecified atom stereocenters. The minimum atomic E-state index is 0.751. The van der Waals surface area contributed by atoms with E-state index in [9.17, 15) is 0 Å². The first-order valence-corrected chi connectivity index (χ1v) is 6.84. The molecule has 2 rings (SSSR count). The Bertz CT molecular complexity index is 442. The van der Waals surface area contributed by atoms with Crippen molar-refractivity contribution in [1.29, 1.82) is 0 Å². The standard InChI is InChI=1S/C13H16N2OS/c14-7-4-8-17-10-12-9-13(16-15-12)11-5-2-1-3-6-11/h1-3,5-6,9H,4,7-8,10,14H2. The monoisotopic (exact) mass is 248 g/mol. The Morgan fingerprint density at radius 2 is 2.06 bits per heavy atom. The first kappa shape index (κ1) is 12.2. The van der Waals surface area contributed by atoms with E-state index in [0.29, 0.717) is 0 Å². The van der Waals surface area contributed by atoms with Crippen LogP contribution in [0.3, 0.4) is 0 Å². The Hall–Kier alpha value is -1.26. The highest BCUT2D eigenvalue weighted by atomic mass is 32.2. The third kappa shape index (κ3) is 3.61. The quantitative estimate of drug-likeness (QED) is 0.799. The van der Waals surface area contributed by atoms with Crippen LogP contribution < -0.4 is 5.73 Å². The average molecular weight is 248 g/mol. The Kier molecular flexibility index (Phi) is 4.64. The van der Waals surface area contributed by atoms with E-state index in [1.165, 1.54) is 0 Å². The molecule has 17 heavy (non-hydrogen) atoms. The Morgan fingerprint density at radius 1 is 1.24 bits per heavy atom. The first-order chi connectivity index (χ1) is 8.40. The van der Waals surface area contributed by atoms with Crippen LogP contribution in [0, 0.1) is 0 Å².